The van der Waals surface area contributed by atoms with E-state index in [-0.39, 0.29) is 0 Å². The molecule has 0 aromatic carbocycles. The highest BCUT2D eigenvalue weighted by molar-refractivity contribution is 7.39. The lowest BCUT2D eigenvalue weighted by molar-refractivity contribution is 0.490. The van der Waals surface area contributed by atoms with Crippen LogP contribution in [0, 0.1) is 0 Å². The highest BCUT2D eigenvalue weighted by Crippen LogP contribution is 2.41. The molecule has 0 spiro atoms. The van der Waals surface area contributed by atoms with Crippen molar-refractivity contribution >= 4 is 8.58 Å². The summed E-state index contributed by atoms with van der Waals surface area (Å²) in [6, 6.07) is 0. The van der Waals surface area contributed by atoms with Gasteiger partial charge in [0.25, 0.3) is 0 Å². The molecule has 0 nitrogen and oxygen atoms in total. The monoisotopic (exact) mass is 256 g/mol. The zero-order valence-corrected chi connectivity index (χ0v) is 13.1. The molecular weight excluding hydrogens is 223 g/mol. The molecule has 0 heterocycles. The van der Waals surface area contributed by atoms with Gasteiger partial charge in [-0.05, 0) is 37.0 Å². The summed E-state index contributed by atoms with van der Waals surface area (Å²) >= 11 is 0. The van der Waals surface area contributed by atoms with Crippen LogP contribution in [-0.4, -0.2) is 11.3 Å². The lowest BCUT2D eigenvalue weighted by atomic mass is 10.00. The molecule has 102 valence electrons. The Balaban J connectivity index is 0.000000317. The second kappa shape index (κ2) is 10.4. The van der Waals surface area contributed by atoms with Gasteiger partial charge in [-0.1, -0.05) is 65.2 Å². The van der Waals surface area contributed by atoms with Crippen LogP contribution in [-0.2, 0) is 0 Å². The zero-order valence-electron chi connectivity index (χ0n) is 12.1. The first-order valence-electron chi connectivity index (χ1n) is 8.12. The van der Waals surface area contributed by atoms with Crippen molar-refractivity contribution in [2.75, 3.05) is 0 Å². The lowest BCUT2D eigenvalue weighted by Crippen LogP contribution is -2.14. The van der Waals surface area contributed by atoms with Crippen molar-refractivity contribution in [1.82, 2.24) is 0 Å². The summed E-state index contributed by atoms with van der Waals surface area (Å²) in [4.78, 5) is 0. The maximum absolute atomic E-state index is 2.18. The molecule has 0 bridgehead atoms. The van der Waals surface area contributed by atoms with Crippen molar-refractivity contribution in [1.29, 1.82) is 0 Å². The van der Waals surface area contributed by atoms with E-state index in [1.807, 2.05) is 0 Å². The summed E-state index contributed by atoms with van der Waals surface area (Å²) in [5.41, 5.74) is 2.30. The third-order valence-electron chi connectivity index (χ3n) is 4.18. The van der Waals surface area contributed by atoms with E-state index in [1.165, 1.54) is 59.9 Å². The Morgan fingerprint density at radius 1 is 0.647 bits per heavy atom. The Hall–Kier alpha value is 0.430. The first-order valence-corrected chi connectivity index (χ1v) is 9.28. The van der Waals surface area contributed by atoms with Gasteiger partial charge in [0.15, 0.2) is 0 Å². The van der Waals surface area contributed by atoms with E-state index in [2.05, 4.69) is 13.8 Å². The molecule has 2 aliphatic carbocycles. The first-order chi connectivity index (χ1) is 8.36. The standard InChI is InChI=1S/C12H23P.C4H10/c1-3-7-11(8-4-1)13-12-9-5-2-6-10-12;1-3-4-2/h11-13H,1-10H2;3-4H2,1-2H3. The summed E-state index contributed by atoms with van der Waals surface area (Å²) in [6.45, 7) is 4.36. The van der Waals surface area contributed by atoms with Crippen LogP contribution in [0.25, 0.3) is 0 Å². The molecule has 0 aromatic heterocycles. The summed E-state index contributed by atoms with van der Waals surface area (Å²) in [6.07, 6.45) is 18.1. The third-order valence-corrected chi connectivity index (χ3v) is 6.28. The van der Waals surface area contributed by atoms with Crippen LogP contribution in [0.5, 0.6) is 0 Å². The van der Waals surface area contributed by atoms with Gasteiger partial charge in [-0.2, -0.15) is 0 Å². The smallest absolute Gasteiger partial charge is 0.0234 e. The Morgan fingerprint density at radius 2 is 1.00 bits per heavy atom. The normalized spacial score (nSPS) is 22.9. The number of hydrogen-bond acceptors (Lipinski definition) is 0. The molecule has 2 fully saturated rings. The molecule has 0 N–H and O–H groups in total. The van der Waals surface area contributed by atoms with Crippen LogP contribution in [0.3, 0.4) is 0 Å². The third kappa shape index (κ3) is 7.45. The van der Waals surface area contributed by atoms with Crippen molar-refractivity contribution in [2.45, 2.75) is 102 Å². The second-order valence-electron chi connectivity index (χ2n) is 5.84. The molecule has 0 unspecified atom stereocenters. The Morgan fingerprint density at radius 3 is 1.29 bits per heavy atom. The van der Waals surface area contributed by atoms with Crippen molar-refractivity contribution in [2.24, 2.45) is 0 Å². The molecule has 0 radical (unpaired) electrons. The van der Waals surface area contributed by atoms with Gasteiger partial charge < -0.3 is 0 Å². The Kier molecular flexibility index (Phi) is 9.44. The van der Waals surface area contributed by atoms with Gasteiger partial charge in [-0.25, -0.2) is 0 Å². The van der Waals surface area contributed by atoms with Crippen LogP contribution in [0.15, 0.2) is 0 Å². The predicted octanol–water partition coefficient (Wildman–Crippen LogP) is 6.14. The van der Waals surface area contributed by atoms with E-state index in [0.29, 0.717) is 0 Å². The largest absolute Gasteiger partial charge is 0.116 e. The number of hydrogen-bond donors (Lipinski definition) is 0. The molecule has 2 saturated carbocycles. The minimum atomic E-state index is 1.15. The molecule has 17 heavy (non-hydrogen) atoms. The summed E-state index contributed by atoms with van der Waals surface area (Å²) in [5, 5.41) is 0. The topological polar surface area (TPSA) is 0 Å². The lowest BCUT2D eigenvalue weighted by Gasteiger charge is -2.28. The van der Waals surface area contributed by atoms with Gasteiger partial charge in [-0.15, -0.1) is 8.58 Å². The number of unbranched alkanes of at least 4 members (excludes halogenated alkanes) is 1. The van der Waals surface area contributed by atoms with Crippen LogP contribution in [0.4, 0.5) is 0 Å². The van der Waals surface area contributed by atoms with E-state index in [1.54, 1.807) is 25.7 Å². The van der Waals surface area contributed by atoms with Crippen molar-refractivity contribution in [3.63, 3.8) is 0 Å². The molecule has 1 heteroatoms. The molecule has 0 aromatic rings. The van der Waals surface area contributed by atoms with Crippen LogP contribution < -0.4 is 0 Å². The van der Waals surface area contributed by atoms with E-state index in [9.17, 15) is 0 Å². The quantitative estimate of drug-likeness (QED) is 0.532. The van der Waals surface area contributed by atoms with E-state index >= 15 is 0 Å². The van der Waals surface area contributed by atoms with E-state index in [0.717, 1.165) is 11.3 Å². The molecule has 0 atom stereocenters. The molecule has 2 rings (SSSR count). The van der Waals surface area contributed by atoms with Crippen molar-refractivity contribution < 1.29 is 0 Å². The fourth-order valence-electron chi connectivity index (χ4n) is 2.87. The fourth-order valence-corrected chi connectivity index (χ4v) is 5.02. The fraction of sp³-hybridized carbons (Fsp3) is 1.00. The summed E-state index contributed by atoms with van der Waals surface area (Å²) in [7, 11) is 1.33. The average molecular weight is 256 g/mol. The first kappa shape index (κ1) is 15.5. The SMILES string of the molecule is C1CCC(PC2CCCCC2)CC1.CCCC. The molecule has 0 saturated heterocycles. The molecule has 0 amide bonds. The van der Waals surface area contributed by atoms with Crippen LogP contribution >= 0.6 is 8.58 Å². The van der Waals surface area contributed by atoms with Crippen molar-refractivity contribution in [3.05, 3.63) is 0 Å². The highest BCUT2D eigenvalue weighted by atomic mass is 31.1. The zero-order chi connectivity index (χ0) is 12.3. The Labute approximate surface area is 111 Å². The second-order valence-corrected chi connectivity index (χ2v) is 7.80. The predicted molar refractivity (Wildman–Crippen MR) is 82.6 cm³/mol. The molecule has 2 aliphatic rings. The van der Waals surface area contributed by atoms with Crippen molar-refractivity contribution in [3.8, 4) is 0 Å². The Bertz CT molecular complexity index is 137. The minimum Gasteiger partial charge on any atom is -0.116 e. The van der Waals surface area contributed by atoms with E-state index in [4.69, 9.17) is 0 Å². The van der Waals surface area contributed by atoms with Gasteiger partial charge in [0.2, 0.25) is 0 Å². The maximum atomic E-state index is 2.18. The van der Waals surface area contributed by atoms with Gasteiger partial charge >= 0.3 is 0 Å². The summed E-state index contributed by atoms with van der Waals surface area (Å²) < 4.78 is 0. The molecular formula is C16H33P. The average Bonchev–Trinajstić information content (AvgIpc) is 2.41. The minimum absolute atomic E-state index is 1.15. The summed E-state index contributed by atoms with van der Waals surface area (Å²) in [5.74, 6) is 0. The van der Waals surface area contributed by atoms with Gasteiger partial charge in [0.1, 0.15) is 0 Å². The van der Waals surface area contributed by atoms with Gasteiger partial charge in [0, 0.05) is 0 Å². The molecule has 0 aliphatic heterocycles. The van der Waals surface area contributed by atoms with Crippen LogP contribution in [0.1, 0.15) is 90.9 Å². The van der Waals surface area contributed by atoms with Crippen LogP contribution in [0.2, 0.25) is 0 Å². The maximum Gasteiger partial charge on any atom is -0.0234 e. The number of rotatable bonds is 3. The van der Waals surface area contributed by atoms with Gasteiger partial charge in [-0.3, -0.25) is 0 Å². The highest BCUT2D eigenvalue weighted by Gasteiger charge is 2.20. The van der Waals surface area contributed by atoms with E-state index < -0.39 is 0 Å². The van der Waals surface area contributed by atoms with Gasteiger partial charge in [0.05, 0.1) is 0 Å².